The second-order valence-electron chi connectivity index (χ2n) is 5.83. The van der Waals surface area contributed by atoms with E-state index in [1.807, 2.05) is 6.92 Å². The van der Waals surface area contributed by atoms with E-state index >= 15 is 0 Å². The van der Waals surface area contributed by atoms with Crippen LogP contribution in [0.5, 0.6) is 0 Å². The Balaban J connectivity index is 1.89. The first-order chi connectivity index (χ1) is 9.16. The average molecular weight is 269 g/mol. The lowest BCUT2D eigenvalue weighted by Gasteiger charge is -2.40. The van der Waals surface area contributed by atoms with Gasteiger partial charge in [0, 0.05) is 44.7 Å². The number of morpholine rings is 1. The molecule has 5 heteroatoms. The van der Waals surface area contributed by atoms with Crippen LogP contribution in [0, 0.1) is 0 Å². The van der Waals surface area contributed by atoms with Crippen molar-refractivity contribution in [1.29, 1.82) is 0 Å². The summed E-state index contributed by atoms with van der Waals surface area (Å²) in [6.07, 6.45) is 3.96. The van der Waals surface area contributed by atoms with Crippen molar-refractivity contribution >= 4 is 5.91 Å². The predicted molar refractivity (Wildman–Crippen MR) is 74.9 cm³/mol. The Morgan fingerprint density at radius 3 is 2.74 bits per heavy atom. The molecule has 1 amide bonds. The van der Waals surface area contributed by atoms with Crippen molar-refractivity contribution in [2.24, 2.45) is 5.73 Å². The molecule has 0 aromatic rings. The Morgan fingerprint density at radius 1 is 1.32 bits per heavy atom. The first-order valence-electron chi connectivity index (χ1n) is 7.52. The van der Waals surface area contributed by atoms with E-state index in [0.717, 1.165) is 52.2 Å². The highest BCUT2D eigenvalue weighted by Crippen LogP contribution is 2.19. The highest BCUT2D eigenvalue weighted by atomic mass is 16.5. The van der Waals surface area contributed by atoms with Crippen molar-refractivity contribution in [2.45, 2.75) is 44.7 Å². The smallest absolute Gasteiger partial charge is 0.224 e. The van der Waals surface area contributed by atoms with Gasteiger partial charge in [-0.1, -0.05) is 0 Å². The normalized spacial score (nSPS) is 27.3. The molecule has 0 aromatic heterocycles. The molecule has 0 radical (unpaired) electrons. The van der Waals surface area contributed by atoms with Crippen molar-refractivity contribution < 1.29 is 9.53 Å². The van der Waals surface area contributed by atoms with Crippen LogP contribution in [0.25, 0.3) is 0 Å². The number of carbonyl (C=O) groups is 1. The maximum absolute atomic E-state index is 12.3. The minimum Gasteiger partial charge on any atom is -0.379 e. The standard InChI is InChI=1S/C14H27N3O2/c1-12(15)10-14(18)17-5-3-2-4-13(17)11-16-6-8-19-9-7-16/h12-13H,2-11,15H2,1H3. The predicted octanol–water partition coefficient (Wildman–Crippen LogP) is 0.437. The van der Waals surface area contributed by atoms with E-state index in [-0.39, 0.29) is 11.9 Å². The number of hydrogen-bond donors (Lipinski definition) is 1. The van der Waals surface area contributed by atoms with Crippen molar-refractivity contribution in [3.8, 4) is 0 Å². The van der Waals surface area contributed by atoms with Crippen LogP contribution in [-0.4, -0.2) is 67.2 Å². The van der Waals surface area contributed by atoms with Gasteiger partial charge in [0.1, 0.15) is 0 Å². The number of nitrogens with zero attached hydrogens (tertiary/aromatic N) is 2. The van der Waals surface area contributed by atoms with Gasteiger partial charge in [0.05, 0.1) is 13.2 Å². The molecule has 5 nitrogen and oxygen atoms in total. The molecule has 2 rings (SSSR count). The number of nitrogens with two attached hydrogens (primary N) is 1. The number of rotatable bonds is 4. The fraction of sp³-hybridized carbons (Fsp3) is 0.929. The fourth-order valence-corrected chi connectivity index (χ4v) is 2.99. The van der Waals surface area contributed by atoms with Crippen LogP contribution in [-0.2, 0) is 9.53 Å². The molecule has 0 aromatic carbocycles. The molecule has 2 aliphatic heterocycles. The number of piperidine rings is 1. The largest absolute Gasteiger partial charge is 0.379 e. The average Bonchev–Trinajstić information content (AvgIpc) is 2.39. The van der Waals surface area contributed by atoms with Crippen LogP contribution in [0.15, 0.2) is 0 Å². The third kappa shape index (κ3) is 4.44. The van der Waals surface area contributed by atoms with Crippen LogP contribution >= 0.6 is 0 Å². The summed E-state index contributed by atoms with van der Waals surface area (Å²) in [5.74, 6) is 0.230. The topological polar surface area (TPSA) is 58.8 Å². The monoisotopic (exact) mass is 269 g/mol. The van der Waals surface area contributed by atoms with Gasteiger partial charge < -0.3 is 15.4 Å². The zero-order valence-electron chi connectivity index (χ0n) is 12.0. The van der Waals surface area contributed by atoms with Crippen molar-refractivity contribution in [1.82, 2.24) is 9.80 Å². The first kappa shape index (κ1) is 14.8. The van der Waals surface area contributed by atoms with Crippen LogP contribution in [0.1, 0.15) is 32.6 Å². The number of carbonyl (C=O) groups excluding carboxylic acids is 1. The fourth-order valence-electron chi connectivity index (χ4n) is 2.99. The Bertz CT molecular complexity index is 290. The van der Waals surface area contributed by atoms with E-state index < -0.39 is 0 Å². The Kier molecular flexibility index (Phi) is 5.60. The molecular formula is C14H27N3O2. The summed E-state index contributed by atoms with van der Waals surface area (Å²) in [5, 5.41) is 0. The summed E-state index contributed by atoms with van der Waals surface area (Å²) < 4.78 is 5.38. The lowest BCUT2D eigenvalue weighted by Crippen LogP contribution is -2.52. The van der Waals surface area contributed by atoms with Crippen LogP contribution in [0.3, 0.4) is 0 Å². The first-order valence-corrected chi connectivity index (χ1v) is 7.52. The highest BCUT2D eigenvalue weighted by molar-refractivity contribution is 5.77. The molecule has 19 heavy (non-hydrogen) atoms. The second kappa shape index (κ2) is 7.22. The third-order valence-electron chi connectivity index (χ3n) is 4.02. The van der Waals surface area contributed by atoms with E-state index in [2.05, 4.69) is 9.80 Å². The summed E-state index contributed by atoms with van der Waals surface area (Å²) in [6, 6.07) is 0.330. The molecule has 0 bridgehead atoms. The van der Waals surface area contributed by atoms with E-state index in [4.69, 9.17) is 10.5 Å². The van der Waals surface area contributed by atoms with Gasteiger partial charge in [-0.15, -0.1) is 0 Å². The zero-order valence-corrected chi connectivity index (χ0v) is 12.0. The summed E-state index contributed by atoms with van der Waals surface area (Å²) in [5.41, 5.74) is 5.76. The molecule has 0 spiro atoms. The van der Waals surface area contributed by atoms with E-state index in [0.29, 0.717) is 12.5 Å². The van der Waals surface area contributed by atoms with Gasteiger partial charge in [-0.2, -0.15) is 0 Å². The number of likely N-dealkylation sites (tertiary alicyclic amines) is 1. The van der Waals surface area contributed by atoms with E-state index in [1.165, 1.54) is 6.42 Å². The van der Waals surface area contributed by atoms with E-state index in [9.17, 15) is 4.79 Å². The van der Waals surface area contributed by atoms with Crippen molar-refractivity contribution in [3.05, 3.63) is 0 Å². The molecule has 2 heterocycles. The van der Waals surface area contributed by atoms with Gasteiger partial charge in [-0.25, -0.2) is 0 Å². The maximum atomic E-state index is 12.3. The van der Waals surface area contributed by atoms with Gasteiger partial charge >= 0.3 is 0 Å². The number of hydrogen-bond acceptors (Lipinski definition) is 4. The van der Waals surface area contributed by atoms with Crippen molar-refractivity contribution in [2.75, 3.05) is 39.4 Å². The maximum Gasteiger partial charge on any atom is 0.224 e. The Hall–Kier alpha value is -0.650. The van der Waals surface area contributed by atoms with E-state index in [1.54, 1.807) is 0 Å². The number of amides is 1. The van der Waals surface area contributed by atoms with Crippen LogP contribution in [0.4, 0.5) is 0 Å². The quantitative estimate of drug-likeness (QED) is 0.804. The SMILES string of the molecule is CC(N)CC(=O)N1CCCCC1CN1CCOCC1. The van der Waals surface area contributed by atoms with Crippen LogP contribution in [0.2, 0.25) is 0 Å². The molecule has 2 unspecified atom stereocenters. The Labute approximate surface area is 116 Å². The minimum absolute atomic E-state index is 0.0431. The molecule has 2 saturated heterocycles. The third-order valence-corrected chi connectivity index (χ3v) is 4.02. The summed E-state index contributed by atoms with van der Waals surface area (Å²) >= 11 is 0. The second-order valence-corrected chi connectivity index (χ2v) is 5.83. The van der Waals surface area contributed by atoms with Gasteiger partial charge in [0.15, 0.2) is 0 Å². The van der Waals surface area contributed by atoms with Crippen LogP contribution < -0.4 is 5.73 Å². The molecular weight excluding hydrogens is 242 g/mol. The van der Waals surface area contributed by atoms with Crippen molar-refractivity contribution in [3.63, 3.8) is 0 Å². The summed E-state index contributed by atoms with van der Waals surface area (Å²) in [4.78, 5) is 16.8. The molecule has 2 N–H and O–H groups in total. The molecule has 0 saturated carbocycles. The highest BCUT2D eigenvalue weighted by Gasteiger charge is 2.28. The zero-order chi connectivity index (χ0) is 13.7. The Morgan fingerprint density at radius 2 is 2.05 bits per heavy atom. The lowest BCUT2D eigenvalue weighted by molar-refractivity contribution is -0.135. The summed E-state index contributed by atoms with van der Waals surface area (Å²) in [7, 11) is 0. The van der Waals surface area contributed by atoms with Gasteiger partial charge in [0.2, 0.25) is 5.91 Å². The molecule has 2 aliphatic rings. The minimum atomic E-state index is -0.0431. The molecule has 2 atom stereocenters. The lowest BCUT2D eigenvalue weighted by atomic mass is 10.0. The number of ether oxygens (including phenoxy) is 1. The summed E-state index contributed by atoms with van der Waals surface area (Å²) in [6.45, 7) is 7.42. The van der Waals surface area contributed by atoms with Gasteiger partial charge in [0.25, 0.3) is 0 Å². The van der Waals surface area contributed by atoms with Gasteiger partial charge in [-0.05, 0) is 26.2 Å². The van der Waals surface area contributed by atoms with Gasteiger partial charge in [-0.3, -0.25) is 9.69 Å². The molecule has 2 fully saturated rings. The molecule has 0 aliphatic carbocycles. The molecule has 110 valence electrons.